The van der Waals surface area contributed by atoms with E-state index in [0.717, 1.165) is 18.9 Å². The second-order valence-corrected chi connectivity index (χ2v) is 5.97. The molecule has 2 aromatic carbocycles. The second kappa shape index (κ2) is 6.88. The highest BCUT2D eigenvalue weighted by Crippen LogP contribution is 2.30. The summed E-state index contributed by atoms with van der Waals surface area (Å²) in [5.41, 5.74) is 6.21. The van der Waals surface area contributed by atoms with Gasteiger partial charge in [-0.25, -0.2) is 13.6 Å². The van der Waals surface area contributed by atoms with E-state index < -0.39 is 17.7 Å². The Hall–Kier alpha value is -2.96. The van der Waals surface area contributed by atoms with Crippen molar-refractivity contribution in [2.75, 3.05) is 5.32 Å². The fraction of sp³-hybridized carbons (Fsp3) is 0.222. The fourth-order valence-electron chi connectivity index (χ4n) is 2.59. The molecule has 1 aliphatic rings. The van der Waals surface area contributed by atoms with Crippen molar-refractivity contribution >= 4 is 17.6 Å². The number of nitrogens with two attached hydrogens (primary N) is 1. The molecule has 3 amide bonds. The summed E-state index contributed by atoms with van der Waals surface area (Å²) in [5.74, 6) is -1.56. The highest BCUT2D eigenvalue weighted by molar-refractivity contribution is 5.95. The summed E-state index contributed by atoms with van der Waals surface area (Å²) in [5, 5.41) is 2.42. The van der Waals surface area contributed by atoms with Gasteiger partial charge in [-0.2, -0.15) is 0 Å². The molecule has 1 saturated carbocycles. The zero-order chi connectivity index (χ0) is 18.0. The highest BCUT2D eigenvalue weighted by Gasteiger charge is 2.33. The third-order valence-corrected chi connectivity index (χ3v) is 4.00. The quantitative estimate of drug-likeness (QED) is 0.873. The van der Waals surface area contributed by atoms with Crippen LogP contribution in [-0.4, -0.2) is 22.9 Å². The molecule has 0 saturated heterocycles. The molecule has 3 N–H and O–H groups in total. The molecule has 1 aliphatic carbocycles. The molecule has 7 heteroatoms. The Morgan fingerprint density at radius 1 is 1.12 bits per heavy atom. The van der Waals surface area contributed by atoms with Crippen LogP contribution in [0, 0.1) is 11.6 Å². The van der Waals surface area contributed by atoms with Crippen LogP contribution in [-0.2, 0) is 6.54 Å². The van der Waals surface area contributed by atoms with Crippen LogP contribution in [0.15, 0.2) is 42.5 Å². The molecule has 2 aromatic rings. The lowest BCUT2D eigenvalue weighted by atomic mass is 10.1. The first-order valence-corrected chi connectivity index (χ1v) is 7.85. The summed E-state index contributed by atoms with van der Waals surface area (Å²) in [6, 6.07) is 9.00. The van der Waals surface area contributed by atoms with Crippen molar-refractivity contribution in [1.29, 1.82) is 0 Å². The predicted molar refractivity (Wildman–Crippen MR) is 88.9 cm³/mol. The molecule has 0 unspecified atom stereocenters. The summed E-state index contributed by atoms with van der Waals surface area (Å²) in [4.78, 5) is 25.2. The number of nitrogens with one attached hydrogen (secondary N) is 1. The molecule has 0 heterocycles. The van der Waals surface area contributed by atoms with Crippen molar-refractivity contribution < 1.29 is 18.4 Å². The van der Waals surface area contributed by atoms with E-state index in [2.05, 4.69) is 5.32 Å². The van der Waals surface area contributed by atoms with Crippen molar-refractivity contribution in [2.24, 2.45) is 5.73 Å². The minimum atomic E-state index is -0.689. The number of halogens is 2. The Kier molecular flexibility index (Phi) is 4.65. The molecular weight excluding hydrogens is 328 g/mol. The summed E-state index contributed by atoms with van der Waals surface area (Å²) in [6.07, 6.45) is 1.71. The maximum Gasteiger partial charge on any atom is 0.316 e. The van der Waals surface area contributed by atoms with E-state index >= 15 is 0 Å². The molecule has 0 bridgehead atoms. The second-order valence-electron chi connectivity index (χ2n) is 5.97. The van der Waals surface area contributed by atoms with Crippen molar-refractivity contribution in [3.8, 4) is 0 Å². The lowest BCUT2D eigenvalue weighted by Crippen LogP contribution is -2.33. The van der Waals surface area contributed by atoms with Gasteiger partial charge in [0.1, 0.15) is 11.6 Å². The number of hydrogen-bond acceptors (Lipinski definition) is 2. The molecule has 5 nitrogen and oxygen atoms in total. The molecule has 0 radical (unpaired) electrons. The van der Waals surface area contributed by atoms with Crippen LogP contribution in [0.25, 0.3) is 0 Å². The highest BCUT2D eigenvalue weighted by atomic mass is 19.1. The summed E-state index contributed by atoms with van der Waals surface area (Å²) in [6.45, 7) is 0.0803. The van der Waals surface area contributed by atoms with E-state index in [-0.39, 0.29) is 24.1 Å². The number of amides is 3. The number of rotatable bonds is 5. The molecule has 0 aromatic heterocycles. The molecule has 3 rings (SSSR count). The van der Waals surface area contributed by atoms with Crippen molar-refractivity contribution in [3.05, 3.63) is 65.2 Å². The summed E-state index contributed by atoms with van der Waals surface area (Å²) in [7, 11) is 0. The molecule has 0 spiro atoms. The minimum absolute atomic E-state index is 0.0559. The Morgan fingerprint density at radius 2 is 1.80 bits per heavy atom. The average Bonchev–Trinajstić information content (AvgIpc) is 3.38. The van der Waals surface area contributed by atoms with Crippen LogP contribution in [0.2, 0.25) is 0 Å². The first-order chi connectivity index (χ1) is 11.9. The largest absolute Gasteiger partial charge is 0.351 e. The summed E-state index contributed by atoms with van der Waals surface area (Å²) >= 11 is 0. The zero-order valence-corrected chi connectivity index (χ0v) is 13.3. The van der Waals surface area contributed by atoms with Gasteiger partial charge in [-0.1, -0.05) is 6.07 Å². The standard InChI is InChI=1S/C18H17F2N3O2/c19-13-4-1-12(16(20)9-13)10-23(15-7-8-15)17(24)11-2-5-14(6-3-11)22-18(21)25/h1-6,9,15H,7-8,10H2,(H3,21,22,25). The van der Waals surface area contributed by atoms with Crippen molar-refractivity contribution in [1.82, 2.24) is 4.90 Å². The molecule has 0 atom stereocenters. The topological polar surface area (TPSA) is 75.4 Å². The van der Waals surface area contributed by atoms with E-state index in [0.29, 0.717) is 11.3 Å². The monoisotopic (exact) mass is 345 g/mol. The number of benzene rings is 2. The van der Waals surface area contributed by atoms with E-state index in [1.165, 1.54) is 12.1 Å². The van der Waals surface area contributed by atoms with Gasteiger partial charge < -0.3 is 16.0 Å². The fourth-order valence-corrected chi connectivity index (χ4v) is 2.59. The van der Waals surface area contributed by atoms with Crippen molar-refractivity contribution in [2.45, 2.75) is 25.4 Å². The number of nitrogens with zero attached hydrogens (tertiary/aromatic N) is 1. The van der Waals surface area contributed by atoms with E-state index in [9.17, 15) is 18.4 Å². The van der Waals surface area contributed by atoms with Gasteiger partial charge in [-0.15, -0.1) is 0 Å². The molecule has 0 aliphatic heterocycles. The van der Waals surface area contributed by atoms with E-state index in [1.807, 2.05) is 0 Å². The Balaban J connectivity index is 1.78. The molecular formula is C18H17F2N3O2. The van der Waals surface area contributed by atoms with Gasteiger partial charge in [-0.3, -0.25) is 4.79 Å². The van der Waals surface area contributed by atoms with Gasteiger partial charge in [0, 0.05) is 35.5 Å². The lowest BCUT2D eigenvalue weighted by molar-refractivity contribution is 0.0728. The average molecular weight is 345 g/mol. The summed E-state index contributed by atoms with van der Waals surface area (Å²) < 4.78 is 27.0. The van der Waals surface area contributed by atoms with Crippen LogP contribution in [0.4, 0.5) is 19.3 Å². The number of carbonyl (C=O) groups is 2. The Bertz CT molecular complexity index is 804. The van der Waals surface area contributed by atoms with E-state index in [1.54, 1.807) is 29.2 Å². The number of carbonyl (C=O) groups excluding carboxylic acids is 2. The van der Waals surface area contributed by atoms with E-state index in [4.69, 9.17) is 5.73 Å². The maximum atomic E-state index is 13.9. The third-order valence-electron chi connectivity index (χ3n) is 4.00. The number of urea groups is 1. The Morgan fingerprint density at radius 3 is 2.36 bits per heavy atom. The van der Waals surface area contributed by atoms with Gasteiger partial charge in [0.2, 0.25) is 0 Å². The number of primary amides is 1. The third kappa shape index (κ3) is 4.12. The van der Waals surface area contributed by atoms with Crippen LogP contribution < -0.4 is 11.1 Å². The molecule has 25 heavy (non-hydrogen) atoms. The SMILES string of the molecule is NC(=O)Nc1ccc(C(=O)N(Cc2ccc(F)cc2F)C2CC2)cc1. The van der Waals surface area contributed by atoms with Crippen LogP contribution in [0.1, 0.15) is 28.8 Å². The maximum absolute atomic E-state index is 13.9. The normalized spacial score (nSPS) is 13.4. The first kappa shape index (κ1) is 16.9. The Labute approximate surface area is 143 Å². The van der Waals surface area contributed by atoms with Gasteiger partial charge in [0.15, 0.2) is 0 Å². The van der Waals surface area contributed by atoms with Crippen LogP contribution in [0.3, 0.4) is 0 Å². The number of anilines is 1. The van der Waals surface area contributed by atoms with Gasteiger partial charge in [0.25, 0.3) is 5.91 Å². The molecule has 1 fully saturated rings. The van der Waals surface area contributed by atoms with Gasteiger partial charge in [0.05, 0.1) is 0 Å². The molecule has 130 valence electrons. The predicted octanol–water partition coefficient (Wildman–Crippen LogP) is 3.26. The smallest absolute Gasteiger partial charge is 0.316 e. The zero-order valence-electron chi connectivity index (χ0n) is 13.3. The van der Waals surface area contributed by atoms with Gasteiger partial charge >= 0.3 is 6.03 Å². The van der Waals surface area contributed by atoms with Gasteiger partial charge in [-0.05, 0) is 43.2 Å². The van der Waals surface area contributed by atoms with Crippen LogP contribution in [0.5, 0.6) is 0 Å². The first-order valence-electron chi connectivity index (χ1n) is 7.85. The van der Waals surface area contributed by atoms with Crippen LogP contribution >= 0.6 is 0 Å². The van der Waals surface area contributed by atoms with Crippen molar-refractivity contribution in [3.63, 3.8) is 0 Å². The minimum Gasteiger partial charge on any atom is -0.351 e. The lowest BCUT2D eigenvalue weighted by Gasteiger charge is -2.23. The number of hydrogen-bond donors (Lipinski definition) is 2.